The Balaban J connectivity index is 1.75. The highest BCUT2D eigenvalue weighted by molar-refractivity contribution is 5.14. The average Bonchev–Trinajstić information content (AvgIpc) is 2.81. The van der Waals surface area contributed by atoms with Crippen molar-refractivity contribution in [3.05, 3.63) is 29.2 Å². The monoisotopic (exact) mass is 235 g/mol. The van der Waals surface area contributed by atoms with Gasteiger partial charge >= 0.3 is 0 Å². The highest BCUT2D eigenvalue weighted by atomic mass is 16.5. The van der Waals surface area contributed by atoms with Gasteiger partial charge in [-0.25, -0.2) is 0 Å². The molecule has 92 valence electrons. The number of nitrogens with one attached hydrogen (secondary N) is 1. The van der Waals surface area contributed by atoms with Crippen LogP contribution in [-0.4, -0.2) is 26.5 Å². The highest BCUT2D eigenvalue weighted by Gasteiger charge is 2.04. The molecule has 0 aromatic carbocycles. The van der Waals surface area contributed by atoms with Gasteiger partial charge in [-0.1, -0.05) is 5.16 Å². The van der Waals surface area contributed by atoms with E-state index in [9.17, 15) is 0 Å². The van der Waals surface area contributed by atoms with Crippen molar-refractivity contribution >= 4 is 0 Å². The van der Waals surface area contributed by atoms with Crippen LogP contribution in [0.3, 0.4) is 0 Å². The predicted octanol–water partition coefficient (Wildman–Crippen LogP) is 0.752. The SMILES string of the molecule is Cc1noc(CCNCc2cn(C)nc2C)n1. The maximum absolute atomic E-state index is 5.03. The molecule has 2 aromatic heterocycles. The summed E-state index contributed by atoms with van der Waals surface area (Å²) < 4.78 is 6.85. The van der Waals surface area contributed by atoms with Crippen LogP contribution in [0.4, 0.5) is 0 Å². The van der Waals surface area contributed by atoms with Gasteiger partial charge in [-0.05, 0) is 13.8 Å². The molecule has 2 aromatic rings. The molecule has 17 heavy (non-hydrogen) atoms. The van der Waals surface area contributed by atoms with Gasteiger partial charge in [-0.15, -0.1) is 0 Å². The topological polar surface area (TPSA) is 68.8 Å². The maximum atomic E-state index is 5.03. The van der Waals surface area contributed by atoms with Crippen LogP contribution in [0.2, 0.25) is 0 Å². The Hall–Kier alpha value is -1.69. The summed E-state index contributed by atoms with van der Waals surface area (Å²) in [5.41, 5.74) is 2.28. The van der Waals surface area contributed by atoms with Gasteiger partial charge < -0.3 is 9.84 Å². The molecule has 1 N–H and O–H groups in total. The molecule has 0 bridgehead atoms. The Morgan fingerprint density at radius 3 is 2.82 bits per heavy atom. The molecule has 0 unspecified atom stereocenters. The van der Waals surface area contributed by atoms with Gasteiger partial charge in [-0.2, -0.15) is 10.1 Å². The van der Waals surface area contributed by atoms with E-state index >= 15 is 0 Å². The molecule has 6 heteroatoms. The second kappa shape index (κ2) is 5.09. The van der Waals surface area contributed by atoms with E-state index in [0.29, 0.717) is 11.7 Å². The molecule has 6 nitrogen and oxygen atoms in total. The summed E-state index contributed by atoms with van der Waals surface area (Å²) in [4.78, 5) is 4.14. The van der Waals surface area contributed by atoms with Gasteiger partial charge in [-0.3, -0.25) is 4.68 Å². The van der Waals surface area contributed by atoms with Crippen LogP contribution >= 0.6 is 0 Å². The molecule has 0 amide bonds. The summed E-state index contributed by atoms with van der Waals surface area (Å²) in [6.07, 6.45) is 2.78. The van der Waals surface area contributed by atoms with Crippen LogP contribution in [0.5, 0.6) is 0 Å². The fourth-order valence-electron chi connectivity index (χ4n) is 1.68. The van der Waals surface area contributed by atoms with Crippen molar-refractivity contribution in [1.82, 2.24) is 25.2 Å². The van der Waals surface area contributed by atoms with E-state index in [0.717, 1.165) is 25.2 Å². The number of hydrogen-bond acceptors (Lipinski definition) is 5. The van der Waals surface area contributed by atoms with Crippen LogP contribution in [0.1, 0.15) is 23.0 Å². The van der Waals surface area contributed by atoms with Crippen LogP contribution in [-0.2, 0) is 20.0 Å². The third-order valence-corrected chi connectivity index (χ3v) is 2.52. The molecule has 0 atom stereocenters. The van der Waals surface area contributed by atoms with E-state index in [4.69, 9.17) is 4.52 Å². The lowest BCUT2D eigenvalue weighted by Crippen LogP contribution is -2.17. The second-order valence-electron chi connectivity index (χ2n) is 4.08. The summed E-state index contributed by atoms with van der Waals surface area (Å²) in [7, 11) is 1.93. The zero-order valence-electron chi connectivity index (χ0n) is 10.4. The molecule has 0 aliphatic carbocycles. The normalized spacial score (nSPS) is 11.0. The smallest absolute Gasteiger partial charge is 0.227 e. The lowest BCUT2D eigenvalue weighted by Gasteiger charge is -2.00. The van der Waals surface area contributed by atoms with Crippen molar-refractivity contribution in [3.63, 3.8) is 0 Å². The summed E-state index contributed by atoms with van der Waals surface area (Å²) in [5.74, 6) is 1.36. The molecule has 0 radical (unpaired) electrons. The summed E-state index contributed by atoms with van der Waals surface area (Å²) in [5, 5.41) is 11.4. The van der Waals surface area contributed by atoms with Crippen LogP contribution in [0, 0.1) is 13.8 Å². The molecule has 0 saturated heterocycles. The molecule has 0 saturated carbocycles. The summed E-state index contributed by atoms with van der Waals surface area (Å²) >= 11 is 0. The Labute approximate surface area is 100 Å². The molecule has 2 rings (SSSR count). The zero-order chi connectivity index (χ0) is 12.3. The van der Waals surface area contributed by atoms with Crippen LogP contribution in [0.25, 0.3) is 0 Å². The summed E-state index contributed by atoms with van der Waals surface area (Å²) in [6, 6.07) is 0. The molecule has 0 aliphatic rings. The van der Waals surface area contributed by atoms with Crippen molar-refractivity contribution in [2.24, 2.45) is 7.05 Å². The van der Waals surface area contributed by atoms with E-state index in [-0.39, 0.29) is 0 Å². The first kappa shape index (κ1) is 11.8. The quantitative estimate of drug-likeness (QED) is 0.775. The first-order valence-electron chi connectivity index (χ1n) is 5.64. The third-order valence-electron chi connectivity index (χ3n) is 2.52. The number of nitrogens with zero attached hydrogens (tertiary/aromatic N) is 4. The van der Waals surface area contributed by atoms with Crippen molar-refractivity contribution in [3.8, 4) is 0 Å². The molecular weight excluding hydrogens is 218 g/mol. The van der Waals surface area contributed by atoms with Crippen molar-refractivity contribution in [2.45, 2.75) is 26.8 Å². The van der Waals surface area contributed by atoms with Gasteiger partial charge in [0.25, 0.3) is 0 Å². The minimum absolute atomic E-state index is 0.679. The fourth-order valence-corrected chi connectivity index (χ4v) is 1.68. The maximum Gasteiger partial charge on any atom is 0.227 e. The van der Waals surface area contributed by atoms with Gasteiger partial charge in [0.15, 0.2) is 5.82 Å². The van der Waals surface area contributed by atoms with Gasteiger partial charge in [0.05, 0.1) is 5.69 Å². The minimum Gasteiger partial charge on any atom is -0.339 e. The van der Waals surface area contributed by atoms with Gasteiger partial charge in [0.2, 0.25) is 5.89 Å². The Bertz CT molecular complexity index is 488. The molecule has 0 fully saturated rings. The number of hydrogen-bond donors (Lipinski definition) is 1. The summed E-state index contributed by atoms with van der Waals surface area (Å²) in [6.45, 7) is 5.46. The van der Waals surface area contributed by atoms with E-state index in [1.807, 2.05) is 31.8 Å². The minimum atomic E-state index is 0.679. The first-order valence-corrected chi connectivity index (χ1v) is 5.64. The predicted molar refractivity (Wildman–Crippen MR) is 62.4 cm³/mol. The fraction of sp³-hybridized carbons (Fsp3) is 0.545. The standard InChI is InChI=1S/C11H17N5O/c1-8-10(7-16(3)14-8)6-12-5-4-11-13-9(2)15-17-11/h7,12H,4-6H2,1-3H3. The van der Waals surface area contributed by atoms with E-state index in [1.165, 1.54) is 5.56 Å². The molecular formula is C11H17N5O. The average molecular weight is 235 g/mol. The number of aryl methyl sites for hydroxylation is 3. The van der Waals surface area contributed by atoms with E-state index in [2.05, 4.69) is 20.6 Å². The number of aromatic nitrogens is 4. The van der Waals surface area contributed by atoms with Crippen molar-refractivity contribution in [1.29, 1.82) is 0 Å². The molecule has 2 heterocycles. The highest BCUT2D eigenvalue weighted by Crippen LogP contribution is 2.03. The van der Waals surface area contributed by atoms with Crippen LogP contribution < -0.4 is 5.32 Å². The van der Waals surface area contributed by atoms with Crippen molar-refractivity contribution in [2.75, 3.05) is 6.54 Å². The third kappa shape index (κ3) is 3.13. The van der Waals surface area contributed by atoms with E-state index in [1.54, 1.807) is 0 Å². The Morgan fingerprint density at radius 2 is 2.24 bits per heavy atom. The van der Waals surface area contributed by atoms with E-state index < -0.39 is 0 Å². The zero-order valence-corrected chi connectivity index (χ0v) is 10.4. The first-order chi connectivity index (χ1) is 8.15. The lowest BCUT2D eigenvalue weighted by molar-refractivity contribution is 0.372. The lowest BCUT2D eigenvalue weighted by atomic mass is 10.2. The Kier molecular flexibility index (Phi) is 3.53. The molecule has 0 aliphatic heterocycles. The van der Waals surface area contributed by atoms with Gasteiger partial charge in [0, 0.05) is 38.3 Å². The van der Waals surface area contributed by atoms with Crippen molar-refractivity contribution < 1.29 is 4.52 Å². The Morgan fingerprint density at radius 1 is 1.41 bits per heavy atom. The largest absolute Gasteiger partial charge is 0.339 e. The number of rotatable bonds is 5. The second-order valence-corrected chi connectivity index (χ2v) is 4.08. The van der Waals surface area contributed by atoms with Gasteiger partial charge in [0.1, 0.15) is 0 Å². The molecule has 0 spiro atoms. The van der Waals surface area contributed by atoms with Crippen LogP contribution in [0.15, 0.2) is 10.7 Å².